The Kier molecular flexibility index (Phi) is 11.1. The van der Waals surface area contributed by atoms with Crippen LogP contribution < -0.4 is 10.1 Å². The second kappa shape index (κ2) is 14.5. The van der Waals surface area contributed by atoms with Crippen LogP contribution in [0.15, 0.2) is 67.0 Å². The first-order chi connectivity index (χ1) is 19.4. The lowest BCUT2D eigenvalue weighted by Gasteiger charge is -2.25. The van der Waals surface area contributed by atoms with Gasteiger partial charge < -0.3 is 19.7 Å². The number of amides is 1. The predicted molar refractivity (Wildman–Crippen MR) is 147 cm³/mol. The number of carbonyl (C=O) groups is 3. The van der Waals surface area contributed by atoms with E-state index in [1.807, 2.05) is 26.0 Å². The van der Waals surface area contributed by atoms with Crippen molar-refractivity contribution in [2.24, 2.45) is 5.92 Å². The number of esters is 2. The molecule has 218 valence electrons. The van der Waals surface area contributed by atoms with E-state index in [9.17, 15) is 27.6 Å². The van der Waals surface area contributed by atoms with Crippen molar-refractivity contribution in [2.45, 2.75) is 26.4 Å². The van der Waals surface area contributed by atoms with Gasteiger partial charge in [0.05, 0.1) is 5.56 Å². The average Bonchev–Trinajstić information content (AvgIpc) is 2.93. The molecule has 0 radical (unpaired) electrons. The number of halogens is 4. The predicted octanol–water partition coefficient (Wildman–Crippen LogP) is 5.81. The number of carbonyl (C=O) groups excluding carboxylic acids is 3. The molecule has 0 saturated carbocycles. The molecule has 12 heteroatoms. The third-order valence-electron chi connectivity index (χ3n) is 5.65. The Bertz CT molecular complexity index is 1340. The minimum Gasteiger partial charge on any atom is -0.492 e. The van der Waals surface area contributed by atoms with Gasteiger partial charge in [-0.25, -0.2) is 9.59 Å². The SMILES string of the molecule is CC(C)CN(CCc1ccc(C(=O)OC(=O)C(F)(F)F)cc1)C(=O)c1cc(Cl)cc(OCCNc2ccncc2)c1. The van der Waals surface area contributed by atoms with Crippen LogP contribution in [0.25, 0.3) is 0 Å². The van der Waals surface area contributed by atoms with Crippen molar-refractivity contribution in [3.05, 3.63) is 88.7 Å². The van der Waals surface area contributed by atoms with Crippen LogP contribution in [0.2, 0.25) is 5.02 Å². The lowest BCUT2D eigenvalue weighted by Crippen LogP contribution is -2.36. The van der Waals surface area contributed by atoms with Gasteiger partial charge in [-0.2, -0.15) is 13.2 Å². The monoisotopic (exact) mass is 591 g/mol. The quantitative estimate of drug-likeness (QED) is 0.161. The molecule has 8 nitrogen and oxygen atoms in total. The van der Waals surface area contributed by atoms with Gasteiger partial charge in [0.15, 0.2) is 0 Å². The fourth-order valence-corrected chi connectivity index (χ4v) is 4.00. The van der Waals surface area contributed by atoms with E-state index >= 15 is 0 Å². The third-order valence-corrected chi connectivity index (χ3v) is 5.87. The highest BCUT2D eigenvalue weighted by atomic mass is 35.5. The lowest BCUT2D eigenvalue weighted by atomic mass is 10.1. The highest BCUT2D eigenvalue weighted by Crippen LogP contribution is 2.23. The molecule has 2 aromatic carbocycles. The number of hydrogen-bond donors (Lipinski definition) is 1. The van der Waals surface area contributed by atoms with Crippen LogP contribution in [-0.2, 0) is 16.0 Å². The molecule has 1 heterocycles. The Labute approximate surface area is 240 Å². The Morgan fingerprint density at radius 3 is 2.32 bits per heavy atom. The van der Waals surface area contributed by atoms with Crippen LogP contribution in [-0.4, -0.2) is 60.1 Å². The summed E-state index contributed by atoms with van der Waals surface area (Å²) < 4.78 is 46.7. The summed E-state index contributed by atoms with van der Waals surface area (Å²) in [6.07, 6.45) is -1.51. The fraction of sp³-hybridized carbons (Fsp3) is 0.310. The summed E-state index contributed by atoms with van der Waals surface area (Å²) in [5, 5.41) is 3.55. The minimum absolute atomic E-state index is 0.163. The molecule has 3 aromatic rings. The second-order valence-electron chi connectivity index (χ2n) is 9.45. The molecule has 0 saturated heterocycles. The zero-order valence-corrected chi connectivity index (χ0v) is 23.2. The molecule has 0 spiro atoms. The highest BCUT2D eigenvalue weighted by molar-refractivity contribution is 6.31. The number of nitrogens with zero attached hydrogens (tertiary/aromatic N) is 2. The van der Waals surface area contributed by atoms with Gasteiger partial charge in [0.2, 0.25) is 0 Å². The third kappa shape index (κ3) is 10.1. The van der Waals surface area contributed by atoms with Crippen LogP contribution in [0.4, 0.5) is 18.9 Å². The number of pyridine rings is 1. The maximum atomic E-state index is 13.5. The standard InChI is InChI=1S/C29H29ClF3N3O5/c1-19(2)18-36(13-9-20-3-5-21(6-4-20)27(38)41-28(39)29(31,32)33)26(37)22-15-23(30)17-25(16-22)40-14-12-35-24-7-10-34-11-8-24/h3-8,10-11,15-17,19H,9,12-14,18H2,1-2H3,(H,34,35). The Morgan fingerprint density at radius 2 is 1.68 bits per heavy atom. The molecule has 41 heavy (non-hydrogen) atoms. The molecule has 0 atom stereocenters. The van der Waals surface area contributed by atoms with Crippen LogP contribution in [0, 0.1) is 5.92 Å². The Hall–Kier alpha value is -4.12. The molecule has 0 aliphatic rings. The first kappa shape index (κ1) is 31.4. The topological polar surface area (TPSA) is 97.8 Å². The molecular weight excluding hydrogens is 563 g/mol. The van der Waals surface area contributed by atoms with Crippen molar-refractivity contribution in [2.75, 3.05) is 31.6 Å². The molecular formula is C29H29ClF3N3O5. The zero-order valence-electron chi connectivity index (χ0n) is 22.4. The van der Waals surface area contributed by atoms with E-state index in [2.05, 4.69) is 15.0 Å². The number of aromatic nitrogens is 1. The lowest BCUT2D eigenvalue weighted by molar-refractivity contribution is -0.193. The molecule has 1 N–H and O–H groups in total. The van der Waals surface area contributed by atoms with E-state index in [1.165, 1.54) is 24.3 Å². The molecule has 0 fully saturated rings. The van der Waals surface area contributed by atoms with Crippen molar-refractivity contribution in [3.63, 3.8) is 0 Å². The first-order valence-electron chi connectivity index (χ1n) is 12.7. The van der Waals surface area contributed by atoms with Crippen LogP contribution in [0.3, 0.4) is 0 Å². The number of nitrogens with one attached hydrogen (secondary N) is 1. The van der Waals surface area contributed by atoms with E-state index < -0.39 is 18.1 Å². The second-order valence-corrected chi connectivity index (χ2v) is 9.89. The van der Waals surface area contributed by atoms with Crippen molar-refractivity contribution < 1.29 is 37.0 Å². The summed E-state index contributed by atoms with van der Waals surface area (Å²) in [7, 11) is 0. The summed E-state index contributed by atoms with van der Waals surface area (Å²) in [6, 6.07) is 14.1. The first-order valence-corrected chi connectivity index (χ1v) is 13.1. The summed E-state index contributed by atoms with van der Waals surface area (Å²) in [5.41, 5.74) is 1.79. The molecule has 3 rings (SSSR count). The number of anilines is 1. The average molecular weight is 592 g/mol. The summed E-state index contributed by atoms with van der Waals surface area (Å²) in [5.74, 6) is -3.61. The van der Waals surface area contributed by atoms with E-state index in [0.717, 1.165) is 11.3 Å². The van der Waals surface area contributed by atoms with E-state index in [1.54, 1.807) is 35.5 Å². The van der Waals surface area contributed by atoms with E-state index in [-0.39, 0.29) is 17.4 Å². The van der Waals surface area contributed by atoms with Gasteiger partial charge in [-0.05, 0) is 60.4 Å². The largest absolute Gasteiger partial charge is 0.492 e. The molecule has 1 amide bonds. The van der Waals surface area contributed by atoms with Gasteiger partial charge in [-0.3, -0.25) is 9.78 Å². The minimum atomic E-state index is -5.27. The fourth-order valence-electron chi connectivity index (χ4n) is 3.78. The van der Waals surface area contributed by atoms with Gasteiger partial charge in [-0.1, -0.05) is 37.6 Å². The number of rotatable bonds is 12. The Morgan fingerprint density at radius 1 is 1.00 bits per heavy atom. The van der Waals surface area contributed by atoms with Crippen molar-refractivity contribution in [1.29, 1.82) is 0 Å². The van der Waals surface area contributed by atoms with Crippen molar-refractivity contribution >= 4 is 35.1 Å². The maximum Gasteiger partial charge on any atom is 0.491 e. The van der Waals surface area contributed by atoms with Crippen LogP contribution in [0.5, 0.6) is 5.75 Å². The molecule has 0 unspecified atom stereocenters. The molecule has 0 aliphatic heterocycles. The zero-order chi connectivity index (χ0) is 30.0. The number of hydrogen-bond acceptors (Lipinski definition) is 7. The molecule has 0 bridgehead atoms. The van der Waals surface area contributed by atoms with E-state index in [0.29, 0.717) is 49.0 Å². The molecule has 0 aliphatic carbocycles. The smallest absolute Gasteiger partial charge is 0.491 e. The maximum absolute atomic E-state index is 13.5. The number of benzene rings is 2. The van der Waals surface area contributed by atoms with Gasteiger partial charge in [0.25, 0.3) is 5.91 Å². The highest BCUT2D eigenvalue weighted by Gasteiger charge is 2.42. The Balaban J connectivity index is 1.61. The summed E-state index contributed by atoms with van der Waals surface area (Å²) in [6.45, 7) is 5.60. The van der Waals surface area contributed by atoms with Gasteiger partial charge in [0.1, 0.15) is 12.4 Å². The van der Waals surface area contributed by atoms with Crippen LogP contribution in [0.1, 0.15) is 40.1 Å². The normalized spacial score (nSPS) is 11.2. The van der Waals surface area contributed by atoms with Crippen molar-refractivity contribution in [3.8, 4) is 5.75 Å². The summed E-state index contributed by atoms with van der Waals surface area (Å²) in [4.78, 5) is 41.8. The summed E-state index contributed by atoms with van der Waals surface area (Å²) >= 11 is 6.29. The van der Waals surface area contributed by atoms with Gasteiger partial charge >= 0.3 is 18.1 Å². The van der Waals surface area contributed by atoms with E-state index in [4.69, 9.17) is 16.3 Å². The number of alkyl halides is 3. The van der Waals surface area contributed by atoms with Crippen molar-refractivity contribution in [1.82, 2.24) is 9.88 Å². The van der Waals surface area contributed by atoms with Gasteiger partial charge in [0, 0.05) is 48.3 Å². The van der Waals surface area contributed by atoms with Gasteiger partial charge in [-0.15, -0.1) is 0 Å². The van der Waals surface area contributed by atoms with Crippen LogP contribution >= 0.6 is 11.6 Å². The molecule has 1 aromatic heterocycles. The number of ether oxygens (including phenoxy) is 2.